The number of carbonyl (C=O) groups excluding carboxylic acids is 1. The minimum atomic E-state index is -0.700. The Morgan fingerprint density at radius 2 is 1.81 bits per heavy atom. The number of nitrogens with zero attached hydrogens (tertiary/aromatic N) is 1. The minimum Gasteiger partial charge on any atom is -0.507 e. The molecule has 0 aliphatic carbocycles. The lowest BCUT2D eigenvalue weighted by molar-refractivity contribution is -0.138. The van der Waals surface area contributed by atoms with Crippen molar-refractivity contribution >= 4 is 34.5 Å². The van der Waals surface area contributed by atoms with Crippen molar-refractivity contribution < 1.29 is 34.0 Å². The van der Waals surface area contributed by atoms with E-state index < -0.39 is 5.97 Å². The molecule has 2 aromatic rings. The molecule has 0 saturated heterocycles. The first kappa shape index (κ1) is 23.1. The number of benzene rings is 2. The number of hydrogen-bond donors (Lipinski definition) is 2. The quantitative estimate of drug-likeness (QED) is 0.581. The summed E-state index contributed by atoms with van der Waals surface area (Å²) >= 11 is 1.07. The Balaban J connectivity index is 2.11. The number of thioether (sulfide) groups is 1. The number of esters is 1. The van der Waals surface area contributed by atoms with Crippen molar-refractivity contribution in [1.29, 1.82) is 0 Å². The highest BCUT2D eigenvalue weighted by atomic mass is 32.2. The Bertz CT molecular complexity index is 1120. The number of aliphatic hydroxyl groups is 1. The van der Waals surface area contributed by atoms with Crippen LogP contribution in [0.2, 0.25) is 0 Å². The molecule has 0 radical (unpaired) electrons. The summed E-state index contributed by atoms with van der Waals surface area (Å²) in [5.74, 6) is 0.231. The maximum absolute atomic E-state index is 12.6. The van der Waals surface area contributed by atoms with E-state index in [1.807, 2.05) is 0 Å². The molecular formula is C23H23NO7S. The van der Waals surface area contributed by atoms with Crippen molar-refractivity contribution in [3.63, 3.8) is 0 Å². The average molecular weight is 458 g/mol. The van der Waals surface area contributed by atoms with Gasteiger partial charge in [-0.25, -0.2) is 9.79 Å². The third-order valence-corrected chi connectivity index (χ3v) is 5.50. The van der Waals surface area contributed by atoms with Crippen LogP contribution in [0, 0.1) is 0 Å². The smallest absolute Gasteiger partial charge is 0.344 e. The zero-order chi connectivity index (χ0) is 23.3. The molecule has 2 N–H and O–H groups in total. The first-order valence-electron chi connectivity index (χ1n) is 9.60. The molecule has 0 bridgehead atoms. The van der Waals surface area contributed by atoms with Gasteiger partial charge in [-0.3, -0.25) is 0 Å². The second kappa shape index (κ2) is 10.1. The predicted molar refractivity (Wildman–Crippen MR) is 123 cm³/mol. The maximum Gasteiger partial charge on any atom is 0.344 e. The van der Waals surface area contributed by atoms with Gasteiger partial charge in [0.05, 0.1) is 44.1 Å². The molecular weight excluding hydrogens is 434 g/mol. The second-order valence-electron chi connectivity index (χ2n) is 6.44. The predicted octanol–water partition coefficient (Wildman–Crippen LogP) is 4.61. The third-order valence-electron chi connectivity index (χ3n) is 4.48. The van der Waals surface area contributed by atoms with Crippen LogP contribution in [0.3, 0.4) is 0 Å². The number of phenolic OH excluding ortho intramolecular Hbond substituents is 1. The van der Waals surface area contributed by atoms with Crippen LogP contribution in [0.25, 0.3) is 6.08 Å². The lowest BCUT2D eigenvalue weighted by atomic mass is 10.1. The summed E-state index contributed by atoms with van der Waals surface area (Å²) in [5, 5.41) is 21.6. The lowest BCUT2D eigenvalue weighted by Gasteiger charge is -2.10. The summed E-state index contributed by atoms with van der Waals surface area (Å²) in [6.45, 7) is 1.81. The standard InChI is InChI=1S/C23H23NO7S/c1-5-31-23(27)20-21(26)19(12-16-17(25)10-15(29-3)11-18(16)30-4)32-22(20)24-13-7-6-8-14(9-13)28-2/h6-12,25-26H,5H2,1-4H3. The largest absolute Gasteiger partial charge is 0.507 e. The number of aliphatic hydroxyl groups excluding tert-OH is 1. The van der Waals surface area contributed by atoms with E-state index in [1.165, 1.54) is 26.4 Å². The molecule has 0 amide bonds. The number of aromatic hydroxyl groups is 1. The van der Waals surface area contributed by atoms with Crippen molar-refractivity contribution in [3.05, 3.63) is 58.2 Å². The van der Waals surface area contributed by atoms with Crippen molar-refractivity contribution in [2.45, 2.75) is 6.92 Å². The zero-order valence-electron chi connectivity index (χ0n) is 18.0. The van der Waals surface area contributed by atoms with Gasteiger partial charge in [0.2, 0.25) is 0 Å². The summed E-state index contributed by atoms with van der Waals surface area (Å²) in [7, 11) is 4.47. The number of methoxy groups -OCH3 is 3. The number of rotatable bonds is 7. The van der Waals surface area contributed by atoms with E-state index in [2.05, 4.69) is 4.99 Å². The van der Waals surface area contributed by atoms with Gasteiger partial charge < -0.3 is 29.2 Å². The molecule has 8 nitrogen and oxygen atoms in total. The van der Waals surface area contributed by atoms with E-state index in [0.717, 1.165) is 11.8 Å². The van der Waals surface area contributed by atoms with Crippen molar-refractivity contribution in [2.24, 2.45) is 4.99 Å². The number of aliphatic imine (C=N–C) groups is 1. The van der Waals surface area contributed by atoms with E-state index in [4.69, 9.17) is 18.9 Å². The Labute approximate surface area is 189 Å². The van der Waals surface area contributed by atoms with Gasteiger partial charge in [-0.15, -0.1) is 0 Å². The molecule has 0 spiro atoms. The molecule has 1 aliphatic rings. The van der Waals surface area contributed by atoms with E-state index in [0.29, 0.717) is 33.4 Å². The van der Waals surface area contributed by atoms with Crippen LogP contribution in [0.15, 0.2) is 57.6 Å². The zero-order valence-corrected chi connectivity index (χ0v) is 18.9. The van der Waals surface area contributed by atoms with Crippen LogP contribution < -0.4 is 14.2 Å². The molecule has 0 saturated carbocycles. The van der Waals surface area contributed by atoms with Crippen LogP contribution in [-0.4, -0.2) is 49.2 Å². The summed E-state index contributed by atoms with van der Waals surface area (Å²) in [6, 6.07) is 10.0. The Morgan fingerprint density at radius 3 is 2.47 bits per heavy atom. The monoisotopic (exact) mass is 457 g/mol. The van der Waals surface area contributed by atoms with Gasteiger partial charge in [-0.2, -0.15) is 0 Å². The van der Waals surface area contributed by atoms with Gasteiger partial charge in [-0.05, 0) is 25.1 Å². The summed E-state index contributed by atoms with van der Waals surface area (Å²) in [6.07, 6.45) is 1.51. The fourth-order valence-corrected chi connectivity index (χ4v) is 3.96. The van der Waals surface area contributed by atoms with Crippen LogP contribution in [-0.2, 0) is 9.53 Å². The molecule has 0 fully saturated rings. The van der Waals surface area contributed by atoms with Gasteiger partial charge in [0.15, 0.2) is 0 Å². The highest BCUT2D eigenvalue weighted by Gasteiger charge is 2.33. The molecule has 0 aromatic heterocycles. The van der Waals surface area contributed by atoms with Crippen LogP contribution in [0.5, 0.6) is 23.0 Å². The molecule has 2 aromatic carbocycles. The van der Waals surface area contributed by atoms with Gasteiger partial charge >= 0.3 is 5.97 Å². The molecule has 0 unspecified atom stereocenters. The number of phenols is 1. The summed E-state index contributed by atoms with van der Waals surface area (Å²) < 4.78 is 20.8. The number of ether oxygens (including phenoxy) is 4. The lowest BCUT2D eigenvalue weighted by Crippen LogP contribution is -2.12. The SMILES string of the molecule is CCOC(=O)C1=C(O)C(=Cc2c(O)cc(OC)cc2OC)SC1=Nc1cccc(OC)c1. The summed E-state index contributed by atoms with van der Waals surface area (Å²) in [4.78, 5) is 17.4. The number of carbonyl (C=O) groups is 1. The molecule has 3 rings (SSSR count). The Hall–Kier alpha value is -3.59. The fraction of sp³-hybridized carbons (Fsp3) is 0.217. The van der Waals surface area contributed by atoms with E-state index in [-0.39, 0.29) is 28.7 Å². The topological polar surface area (TPSA) is 107 Å². The molecule has 0 atom stereocenters. The van der Waals surface area contributed by atoms with Crippen LogP contribution >= 0.6 is 11.8 Å². The Morgan fingerprint density at radius 1 is 1.06 bits per heavy atom. The molecule has 32 heavy (non-hydrogen) atoms. The van der Waals surface area contributed by atoms with E-state index >= 15 is 0 Å². The van der Waals surface area contributed by atoms with E-state index in [9.17, 15) is 15.0 Å². The molecule has 1 heterocycles. The minimum absolute atomic E-state index is 0.0575. The summed E-state index contributed by atoms with van der Waals surface area (Å²) in [5.41, 5.74) is 0.790. The van der Waals surface area contributed by atoms with Gasteiger partial charge in [0.1, 0.15) is 39.4 Å². The highest BCUT2D eigenvalue weighted by molar-refractivity contribution is 8.18. The average Bonchev–Trinajstić information content (AvgIpc) is 3.09. The van der Waals surface area contributed by atoms with Gasteiger partial charge in [0.25, 0.3) is 0 Å². The normalized spacial score (nSPS) is 15.9. The number of hydrogen-bond acceptors (Lipinski definition) is 9. The van der Waals surface area contributed by atoms with Crippen LogP contribution in [0.1, 0.15) is 12.5 Å². The fourth-order valence-electron chi connectivity index (χ4n) is 2.94. The third kappa shape index (κ3) is 4.83. The first-order valence-corrected chi connectivity index (χ1v) is 10.4. The van der Waals surface area contributed by atoms with Crippen molar-refractivity contribution in [1.82, 2.24) is 0 Å². The van der Waals surface area contributed by atoms with E-state index in [1.54, 1.807) is 44.4 Å². The highest BCUT2D eigenvalue weighted by Crippen LogP contribution is 2.43. The first-order chi connectivity index (χ1) is 15.4. The van der Waals surface area contributed by atoms with Crippen molar-refractivity contribution in [2.75, 3.05) is 27.9 Å². The van der Waals surface area contributed by atoms with Crippen LogP contribution in [0.4, 0.5) is 5.69 Å². The van der Waals surface area contributed by atoms with Gasteiger partial charge in [0, 0.05) is 18.2 Å². The van der Waals surface area contributed by atoms with Crippen molar-refractivity contribution in [3.8, 4) is 23.0 Å². The maximum atomic E-state index is 12.6. The second-order valence-corrected chi connectivity index (χ2v) is 7.47. The Kier molecular flexibility index (Phi) is 7.32. The molecule has 168 valence electrons. The van der Waals surface area contributed by atoms with Gasteiger partial charge in [-0.1, -0.05) is 17.8 Å². The molecule has 9 heteroatoms. The molecule has 1 aliphatic heterocycles.